The highest BCUT2D eigenvalue weighted by Crippen LogP contribution is 2.20. The van der Waals surface area contributed by atoms with Crippen LogP contribution in [0.25, 0.3) is 10.9 Å². The summed E-state index contributed by atoms with van der Waals surface area (Å²) in [4.78, 5) is 18.4. The van der Waals surface area contributed by atoms with Gasteiger partial charge in [-0.3, -0.25) is 9.78 Å². The van der Waals surface area contributed by atoms with Crippen molar-refractivity contribution in [3.63, 3.8) is 0 Å². The quantitative estimate of drug-likeness (QED) is 0.673. The number of H-pyrrole nitrogens is 1. The lowest BCUT2D eigenvalue weighted by molar-refractivity contribution is 0.101. The van der Waals surface area contributed by atoms with Crippen molar-refractivity contribution in [3.8, 4) is 0 Å². The normalized spacial score (nSPS) is 10.6. The van der Waals surface area contributed by atoms with Crippen molar-refractivity contribution in [3.05, 3.63) is 29.7 Å². The number of nitrogens with zero attached hydrogens (tertiary/aromatic N) is 1. The number of nitrogens with one attached hydrogen (secondary N) is 1. The van der Waals surface area contributed by atoms with Gasteiger partial charge in [-0.25, -0.2) is 0 Å². The fourth-order valence-corrected chi connectivity index (χ4v) is 1.53. The molecule has 0 aliphatic heterocycles. The number of Topliss-reactive ketones (excluding diaryl/α,β-unsaturated/α-hetero) is 1. The van der Waals surface area contributed by atoms with Gasteiger partial charge in [0.25, 0.3) is 0 Å². The lowest BCUT2D eigenvalue weighted by Crippen LogP contribution is -1.91. The van der Waals surface area contributed by atoms with Crippen LogP contribution >= 0.6 is 0 Å². The highest BCUT2D eigenvalue weighted by Gasteiger charge is 2.09. The first-order chi connectivity index (χ1) is 6.20. The van der Waals surface area contributed by atoms with E-state index in [1.807, 2.05) is 13.0 Å². The third kappa shape index (κ3) is 1.13. The summed E-state index contributed by atoms with van der Waals surface area (Å²) in [6.45, 7) is 3.47. The van der Waals surface area contributed by atoms with E-state index in [-0.39, 0.29) is 5.78 Å². The van der Waals surface area contributed by atoms with Crippen LogP contribution in [0.4, 0.5) is 0 Å². The maximum atomic E-state index is 11.2. The van der Waals surface area contributed by atoms with Gasteiger partial charge in [-0.2, -0.15) is 0 Å². The second kappa shape index (κ2) is 2.69. The molecular weight excluding hydrogens is 164 g/mol. The molecular formula is C10H10N2O. The van der Waals surface area contributed by atoms with Gasteiger partial charge in [0.15, 0.2) is 5.78 Å². The summed E-state index contributed by atoms with van der Waals surface area (Å²) in [5.41, 5.74) is 2.59. The van der Waals surface area contributed by atoms with Crippen LogP contribution in [-0.4, -0.2) is 15.8 Å². The van der Waals surface area contributed by atoms with Crippen LogP contribution in [0, 0.1) is 6.92 Å². The highest BCUT2D eigenvalue weighted by atomic mass is 16.1. The molecule has 0 fully saturated rings. The lowest BCUT2D eigenvalue weighted by atomic mass is 10.1. The third-order valence-corrected chi connectivity index (χ3v) is 2.16. The number of aromatic amines is 1. The summed E-state index contributed by atoms with van der Waals surface area (Å²) in [7, 11) is 0. The van der Waals surface area contributed by atoms with E-state index in [9.17, 15) is 4.79 Å². The summed E-state index contributed by atoms with van der Waals surface area (Å²) in [5.74, 6) is 0.0716. The molecule has 1 N–H and O–H groups in total. The molecule has 0 saturated carbocycles. The summed E-state index contributed by atoms with van der Waals surface area (Å²) >= 11 is 0. The Morgan fingerprint density at radius 2 is 2.31 bits per heavy atom. The second-order valence-electron chi connectivity index (χ2n) is 3.08. The largest absolute Gasteiger partial charge is 0.360 e. The Kier molecular flexibility index (Phi) is 1.65. The van der Waals surface area contributed by atoms with E-state index in [0.29, 0.717) is 0 Å². The molecule has 0 aliphatic carbocycles. The van der Waals surface area contributed by atoms with Crippen molar-refractivity contribution in [2.75, 3.05) is 0 Å². The van der Waals surface area contributed by atoms with Crippen LogP contribution in [0.3, 0.4) is 0 Å². The zero-order valence-corrected chi connectivity index (χ0v) is 7.59. The Morgan fingerprint density at radius 1 is 1.54 bits per heavy atom. The van der Waals surface area contributed by atoms with Crippen LogP contribution in [0.5, 0.6) is 0 Å². The predicted octanol–water partition coefficient (Wildman–Crippen LogP) is 2.07. The number of hydrogen-bond acceptors (Lipinski definition) is 2. The molecule has 0 amide bonds. The molecule has 3 nitrogen and oxygen atoms in total. The standard InChI is InChI=1S/C10H10N2O/c1-6-10-8(7(2)13)5-12-9(10)3-4-11-6/h3-5,12H,1-2H3. The Labute approximate surface area is 75.8 Å². The number of pyridine rings is 1. The fourth-order valence-electron chi connectivity index (χ4n) is 1.53. The molecule has 0 aromatic carbocycles. The Morgan fingerprint density at radius 3 is 3.00 bits per heavy atom. The first-order valence-electron chi connectivity index (χ1n) is 4.14. The van der Waals surface area contributed by atoms with Gasteiger partial charge < -0.3 is 4.98 Å². The molecule has 2 aromatic rings. The van der Waals surface area contributed by atoms with Gasteiger partial charge in [0.05, 0.1) is 0 Å². The molecule has 2 aromatic heterocycles. The number of hydrogen-bond donors (Lipinski definition) is 1. The van der Waals surface area contributed by atoms with Crippen LogP contribution in [0.2, 0.25) is 0 Å². The average Bonchev–Trinajstić information content (AvgIpc) is 2.49. The number of fused-ring (bicyclic) bond motifs is 1. The Balaban J connectivity index is 2.86. The van der Waals surface area contributed by atoms with Gasteiger partial charge in [-0.1, -0.05) is 0 Å². The number of rotatable bonds is 1. The van der Waals surface area contributed by atoms with Crippen molar-refractivity contribution >= 4 is 16.7 Å². The van der Waals surface area contributed by atoms with Gasteiger partial charge in [-0.05, 0) is 19.9 Å². The number of aryl methyl sites for hydroxylation is 1. The first kappa shape index (κ1) is 7.98. The molecule has 0 bridgehead atoms. The summed E-state index contributed by atoms with van der Waals surface area (Å²) in [5, 5.41) is 0.940. The SMILES string of the molecule is CC(=O)c1c[nH]c2ccnc(C)c12. The molecule has 0 atom stereocenters. The minimum Gasteiger partial charge on any atom is -0.360 e. The molecule has 0 radical (unpaired) electrons. The van der Waals surface area contributed by atoms with Crippen molar-refractivity contribution in [1.82, 2.24) is 9.97 Å². The second-order valence-corrected chi connectivity index (χ2v) is 3.08. The monoisotopic (exact) mass is 174 g/mol. The van der Waals surface area contributed by atoms with Crippen LogP contribution in [0.1, 0.15) is 23.0 Å². The van der Waals surface area contributed by atoms with E-state index in [0.717, 1.165) is 22.2 Å². The van der Waals surface area contributed by atoms with Gasteiger partial charge in [0, 0.05) is 34.6 Å². The van der Waals surface area contributed by atoms with Crippen molar-refractivity contribution in [2.24, 2.45) is 0 Å². The van der Waals surface area contributed by atoms with Gasteiger partial charge in [0.1, 0.15) is 0 Å². The molecule has 0 saturated heterocycles. The number of carbonyl (C=O) groups excluding carboxylic acids is 1. The molecule has 0 aliphatic rings. The van der Waals surface area contributed by atoms with Gasteiger partial charge >= 0.3 is 0 Å². The summed E-state index contributed by atoms with van der Waals surface area (Å²) < 4.78 is 0. The molecule has 66 valence electrons. The molecule has 2 rings (SSSR count). The molecule has 0 unspecified atom stereocenters. The van der Waals surface area contributed by atoms with Crippen molar-refractivity contribution in [2.45, 2.75) is 13.8 Å². The smallest absolute Gasteiger partial charge is 0.162 e. The zero-order valence-electron chi connectivity index (χ0n) is 7.59. The zero-order chi connectivity index (χ0) is 9.42. The minimum absolute atomic E-state index is 0.0716. The Bertz CT molecular complexity index is 471. The average molecular weight is 174 g/mol. The Hall–Kier alpha value is -1.64. The van der Waals surface area contributed by atoms with E-state index < -0.39 is 0 Å². The topological polar surface area (TPSA) is 45.8 Å². The van der Waals surface area contributed by atoms with Crippen molar-refractivity contribution in [1.29, 1.82) is 0 Å². The van der Waals surface area contributed by atoms with Gasteiger partial charge in [-0.15, -0.1) is 0 Å². The predicted molar refractivity (Wildman–Crippen MR) is 50.8 cm³/mol. The van der Waals surface area contributed by atoms with Crippen LogP contribution in [0.15, 0.2) is 18.5 Å². The van der Waals surface area contributed by atoms with E-state index in [1.54, 1.807) is 19.3 Å². The maximum absolute atomic E-state index is 11.2. The summed E-state index contributed by atoms with van der Waals surface area (Å²) in [6, 6.07) is 1.87. The lowest BCUT2D eigenvalue weighted by Gasteiger charge is -1.96. The molecule has 13 heavy (non-hydrogen) atoms. The first-order valence-corrected chi connectivity index (χ1v) is 4.14. The fraction of sp³-hybridized carbons (Fsp3) is 0.200. The number of ketones is 1. The molecule has 2 heterocycles. The van der Waals surface area contributed by atoms with Gasteiger partial charge in [0.2, 0.25) is 0 Å². The van der Waals surface area contributed by atoms with Crippen LogP contribution < -0.4 is 0 Å². The molecule has 0 spiro atoms. The highest BCUT2D eigenvalue weighted by molar-refractivity contribution is 6.07. The number of carbonyl (C=O) groups is 1. The van der Waals surface area contributed by atoms with E-state index >= 15 is 0 Å². The van der Waals surface area contributed by atoms with E-state index in [4.69, 9.17) is 0 Å². The van der Waals surface area contributed by atoms with E-state index in [2.05, 4.69) is 9.97 Å². The van der Waals surface area contributed by atoms with Crippen molar-refractivity contribution < 1.29 is 4.79 Å². The molecule has 3 heteroatoms. The third-order valence-electron chi connectivity index (χ3n) is 2.16. The number of aromatic nitrogens is 2. The van der Waals surface area contributed by atoms with E-state index in [1.165, 1.54) is 0 Å². The minimum atomic E-state index is 0.0716. The summed E-state index contributed by atoms with van der Waals surface area (Å²) in [6.07, 6.45) is 3.47. The van der Waals surface area contributed by atoms with Crippen LogP contribution in [-0.2, 0) is 0 Å². The maximum Gasteiger partial charge on any atom is 0.162 e.